The summed E-state index contributed by atoms with van der Waals surface area (Å²) in [5, 5.41) is 75.8. The molecule has 58 heteroatoms. The van der Waals surface area contributed by atoms with Crippen LogP contribution in [0.1, 0.15) is 112 Å². The van der Waals surface area contributed by atoms with Gasteiger partial charge in [-0.15, -0.1) is 0 Å². The van der Waals surface area contributed by atoms with Crippen molar-refractivity contribution in [2.24, 2.45) is 57.3 Å². The molecule has 3 aliphatic rings. The zero-order valence-corrected chi connectivity index (χ0v) is 84.9. The summed E-state index contributed by atoms with van der Waals surface area (Å²) in [4.78, 5) is 316. The van der Waals surface area contributed by atoms with Crippen LogP contribution in [-0.2, 0) is 131 Å². The average molecular weight is 2170 g/mol. The topological polar surface area (TPSA) is 923 Å². The fourth-order valence-electron chi connectivity index (χ4n) is 15.6. The molecule has 816 valence electrons. The van der Waals surface area contributed by atoms with Gasteiger partial charge < -0.3 is 162 Å². The van der Waals surface area contributed by atoms with E-state index in [9.17, 15) is 67.7 Å². The number of aromatic hydroxyl groups is 2. The van der Waals surface area contributed by atoms with E-state index in [0.29, 0.717) is 43.8 Å². The minimum atomic E-state index is -2.18. The number of nitrogens with zero attached hydrogens (tertiary/aromatic N) is 2. The van der Waals surface area contributed by atoms with E-state index in [1.54, 1.807) is 60.7 Å². The van der Waals surface area contributed by atoms with Gasteiger partial charge in [-0.05, 0) is 111 Å². The summed E-state index contributed by atoms with van der Waals surface area (Å²) in [6, 6.07) is -1.05. The second-order valence-corrected chi connectivity index (χ2v) is 40.4. The Labute approximate surface area is 876 Å². The number of primary amides is 6. The molecule has 0 aromatic heterocycles. The highest BCUT2D eigenvalue weighted by Crippen LogP contribution is 2.30. The van der Waals surface area contributed by atoms with E-state index in [1.165, 1.54) is 48.5 Å². The number of amides is 22. The Kier molecular flexibility index (Phi) is 50.3. The van der Waals surface area contributed by atoms with Gasteiger partial charge in [-0.1, -0.05) is 128 Å². The maximum absolute atomic E-state index is 15.7. The van der Waals surface area contributed by atoms with Crippen molar-refractivity contribution in [2.45, 2.75) is 212 Å². The smallest absolute Gasteiger partial charge is 0.246 e. The number of rotatable bonds is 38. The number of hydrogen-bond donors (Lipinski definition) is 30. The van der Waals surface area contributed by atoms with Crippen molar-refractivity contribution >= 4 is 185 Å². The number of likely N-dealkylation sites (tertiary alicyclic amines) is 2. The molecule has 16 atom stereocenters. The van der Waals surface area contributed by atoms with E-state index >= 15 is 47.9 Å². The van der Waals surface area contributed by atoms with Crippen LogP contribution < -0.4 is 142 Å². The molecule has 0 radical (unpaired) electrons. The monoisotopic (exact) mass is 2170 g/mol. The van der Waals surface area contributed by atoms with Gasteiger partial charge >= 0.3 is 0 Å². The zero-order chi connectivity index (χ0) is 110. The molecular formula is C92H130N30O24S4. The molecule has 0 saturated carbocycles. The number of hydrogen-bond acceptors (Lipinski definition) is 32. The number of benzene rings is 4. The molecule has 7 rings (SSSR count). The number of phenolic OH excluding ortho intramolecular Hbond substituents is 2. The molecule has 0 spiro atoms. The van der Waals surface area contributed by atoms with Crippen molar-refractivity contribution in [1.29, 1.82) is 10.8 Å². The van der Waals surface area contributed by atoms with E-state index in [4.69, 9.17) is 68.2 Å². The van der Waals surface area contributed by atoms with Crippen molar-refractivity contribution in [2.75, 3.05) is 62.3 Å². The van der Waals surface area contributed by atoms with Crippen molar-refractivity contribution in [3.63, 3.8) is 0 Å². The number of nitrogens with one attached hydrogen (secondary N) is 18. The minimum Gasteiger partial charge on any atom is -0.508 e. The third-order valence-corrected chi connectivity index (χ3v) is 28.3. The van der Waals surface area contributed by atoms with Crippen LogP contribution in [0.15, 0.2) is 109 Å². The van der Waals surface area contributed by atoms with E-state index in [2.05, 4.69) is 85.1 Å². The molecule has 40 N–H and O–H groups in total. The van der Waals surface area contributed by atoms with Crippen LogP contribution in [0.5, 0.6) is 11.5 Å². The second kappa shape index (κ2) is 62.1. The first kappa shape index (κ1) is 122. The lowest BCUT2D eigenvalue weighted by Crippen LogP contribution is -2.61. The van der Waals surface area contributed by atoms with Crippen LogP contribution in [0, 0.1) is 10.8 Å². The molecule has 3 saturated heterocycles. The molecule has 3 aliphatic heterocycles. The summed E-state index contributed by atoms with van der Waals surface area (Å²) >= 11 is 0. The Balaban J connectivity index is 1.38. The molecule has 150 heavy (non-hydrogen) atoms. The fourth-order valence-corrected chi connectivity index (χ4v) is 20.2. The lowest BCUT2D eigenvalue weighted by Gasteiger charge is -2.31. The van der Waals surface area contributed by atoms with Gasteiger partial charge in [-0.3, -0.25) is 116 Å². The van der Waals surface area contributed by atoms with Crippen molar-refractivity contribution in [3.8, 4) is 11.5 Å². The summed E-state index contributed by atoms with van der Waals surface area (Å²) in [6.45, 7) is -1.96. The average Bonchev–Trinajstić information content (AvgIpc) is 1.65. The Morgan fingerprint density at radius 3 is 0.947 bits per heavy atom. The Hall–Kier alpha value is -15.3. The maximum atomic E-state index is 15.7. The normalized spacial score (nSPS) is 22.6. The summed E-state index contributed by atoms with van der Waals surface area (Å²) < 4.78 is 0. The predicted octanol–water partition coefficient (Wildman–Crippen LogP) is -10.4. The van der Waals surface area contributed by atoms with Crippen molar-refractivity contribution in [3.05, 3.63) is 131 Å². The van der Waals surface area contributed by atoms with Crippen LogP contribution in [0.3, 0.4) is 0 Å². The Bertz CT molecular complexity index is 5130. The zero-order valence-electron chi connectivity index (χ0n) is 81.6. The molecule has 54 nitrogen and oxygen atoms in total. The molecule has 3 heterocycles. The van der Waals surface area contributed by atoms with Crippen molar-refractivity contribution < 1.29 is 116 Å². The van der Waals surface area contributed by atoms with E-state index in [0.717, 1.165) is 31.4 Å². The number of nitrogens with two attached hydrogens (primary N) is 10. The number of phenols is 2. The summed E-state index contributed by atoms with van der Waals surface area (Å²) in [6.07, 6.45) is -6.87. The first-order valence-corrected chi connectivity index (χ1v) is 52.5. The molecular weight excluding hydrogens is 2040 g/mol. The van der Waals surface area contributed by atoms with Gasteiger partial charge in [0.25, 0.3) is 0 Å². The van der Waals surface area contributed by atoms with Gasteiger partial charge in [-0.2, -0.15) is 0 Å². The predicted molar refractivity (Wildman–Crippen MR) is 550 cm³/mol. The van der Waals surface area contributed by atoms with Crippen LogP contribution in [-0.4, -0.2) is 321 Å². The van der Waals surface area contributed by atoms with E-state index in [1.807, 2.05) is 0 Å². The second-order valence-electron chi connectivity index (χ2n) is 35.3. The fraction of sp³-hybridized carbons (Fsp3) is 0.478. The SMILES string of the molecule is N=C(N)NCCC[C@H](NC(=O)[C@@H]1CCCN1C(=O)[C@@H]1CSSC[C@@H](C(=O)N2CCC[C@H]2C(=O)N[C@@H](CCCNC(=N)N)C(=O)NCC(N)=O)NC(=O)[C@H](CC(N)=O)NC(=O)[C@H](CCC(N)=O)NC(=O)[C@H](Cc2ccccc2)NC(=O)[C@H](Cc2ccc(O)cc2)NC(=O)[C@@H](N)CSSC[C@H](N)C(=O)N[C@@H](Cc2ccc(O)cc2)C(=O)N[C@@H](Cc2ccccc2)C(=O)N[C@@H](CCC(N)=O)C(=O)N[C@@H](CC(N)=O)C(=O)N1)C(=O)NCC(N)=O. The van der Waals surface area contributed by atoms with Crippen LogP contribution in [0.25, 0.3) is 0 Å². The molecule has 0 unspecified atom stereocenters. The highest BCUT2D eigenvalue weighted by molar-refractivity contribution is 8.77. The number of carbonyl (C=O) groups excluding carboxylic acids is 22. The van der Waals surface area contributed by atoms with Crippen LogP contribution in [0.4, 0.5) is 0 Å². The molecule has 0 bridgehead atoms. The van der Waals surface area contributed by atoms with Gasteiger partial charge in [0.05, 0.1) is 38.0 Å². The van der Waals surface area contributed by atoms with Crippen molar-refractivity contribution in [1.82, 2.24) is 94.9 Å². The molecule has 0 aliphatic carbocycles. The van der Waals surface area contributed by atoms with Gasteiger partial charge in [0.15, 0.2) is 11.9 Å². The molecule has 3 fully saturated rings. The maximum Gasteiger partial charge on any atom is 0.246 e. The standard InChI is InChI=1S/C92H130N30O24S4/c93-53-43-147-148-44-54(94)76(132)114-60(38-50-21-25-52(124)26-22-50)84(140)116-62(36-48-13-5-2-6-14-48)82(138)110-58(28-30-70(96)126)80(136)118-64(40-72(98)128)86(142)120-66(90(146)122-34-10-18-68(122)88(144)112-56(16-8-32-106-92(103)104)78(134)108-42-74(100)130)46-150-149-45-65(89(145)121-33-9-17-67(121)87(143)111-55(15-7-31-105-91(101)102)77(133)107-41-73(99)129)119-85(141)63(39-71(97)127)117-79(135)57(27-29-69(95)125)109-81(137)61(35-47-11-3-1-4-12-47)115-83(139)59(113-75(53)131)37-49-19-23-51(123)24-20-49/h1-6,11-14,19-26,53-68,123-124H,7-10,15-18,27-46,93-94H2,(H2,95,125)(H2,96,126)(H2,97,127)(H2,98,128)(H2,99,129)(H2,100,130)(H,107,133)(H,108,134)(H,109,137)(H,110,138)(H,111,143)(H,112,144)(H,113,131)(H,114,132)(H,115,139)(H,116,140)(H,117,135)(H,118,136)(H,119,141)(H,120,142)(H4,101,102,105)(H4,103,104,106)/t53-,54-,55-,56-,57-,58-,59-,60-,61-,62-,63-,64-,65-,66-,67-,68-/m0/s1. The number of guanidine groups is 2. The van der Waals surface area contributed by atoms with Gasteiger partial charge in [0.1, 0.15) is 96.1 Å². The van der Waals surface area contributed by atoms with E-state index < -0.39 is 302 Å². The number of carbonyl (C=O) groups is 22. The Morgan fingerprint density at radius 2 is 0.640 bits per heavy atom. The summed E-state index contributed by atoms with van der Waals surface area (Å²) in [5.41, 5.74) is 59.0. The summed E-state index contributed by atoms with van der Waals surface area (Å²) in [7, 11) is 3.16. The first-order chi connectivity index (χ1) is 71.2. The lowest BCUT2D eigenvalue weighted by atomic mass is 10.0. The van der Waals surface area contributed by atoms with Gasteiger partial charge in [0, 0.05) is 87.7 Å². The third-order valence-electron chi connectivity index (χ3n) is 23.4. The highest BCUT2D eigenvalue weighted by atomic mass is 33.1. The van der Waals surface area contributed by atoms with Gasteiger partial charge in [0.2, 0.25) is 130 Å². The highest BCUT2D eigenvalue weighted by Gasteiger charge is 2.45. The summed E-state index contributed by atoms with van der Waals surface area (Å²) in [5.74, 6) is -27.6. The first-order valence-electron chi connectivity index (χ1n) is 47.5. The van der Waals surface area contributed by atoms with Crippen LogP contribution >= 0.6 is 43.2 Å². The van der Waals surface area contributed by atoms with Crippen LogP contribution in [0.2, 0.25) is 0 Å². The molecule has 4 aromatic carbocycles. The quantitative estimate of drug-likeness (QED) is 0.00857. The largest absolute Gasteiger partial charge is 0.508 e. The van der Waals surface area contributed by atoms with E-state index in [-0.39, 0.29) is 126 Å². The minimum absolute atomic E-state index is 0.00535. The molecule has 22 amide bonds. The lowest BCUT2D eigenvalue weighted by molar-refractivity contribution is -0.142. The third kappa shape index (κ3) is 42.5. The molecule has 4 aromatic rings. The van der Waals surface area contributed by atoms with Gasteiger partial charge in [-0.25, -0.2) is 0 Å². The Morgan fingerprint density at radius 1 is 0.353 bits per heavy atom.